The fourth-order valence-electron chi connectivity index (χ4n) is 2.74. The third-order valence-corrected chi connectivity index (χ3v) is 3.75. The molecule has 1 aromatic rings. The first-order chi connectivity index (χ1) is 9.24. The molecule has 1 saturated carbocycles. The van der Waals surface area contributed by atoms with E-state index >= 15 is 0 Å². The van der Waals surface area contributed by atoms with Crippen molar-refractivity contribution in [3.8, 4) is 0 Å². The van der Waals surface area contributed by atoms with Gasteiger partial charge in [0.2, 0.25) is 0 Å². The molecule has 2 unspecified atom stereocenters. The molecule has 2 atom stereocenters. The maximum absolute atomic E-state index is 9.55. The zero-order valence-corrected chi connectivity index (χ0v) is 11.8. The molecule has 0 amide bonds. The van der Waals surface area contributed by atoms with Gasteiger partial charge >= 0.3 is 0 Å². The van der Waals surface area contributed by atoms with Gasteiger partial charge in [0.05, 0.1) is 6.10 Å². The van der Waals surface area contributed by atoms with Gasteiger partial charge in [-0.25, -0.2) is 9.97 Å². The van der Waals surface area contributed by atoms with Gasteiger partial charge in [-0.1, -0.05) is 13.3 Å². The van der Waals surface area contributed by atoms with Crippen LogP contribution in [0.4, 0.5) is 11.6 Å². The second-order valence-corrected chi connectivity index (χ2v) is 5.26. The minimum Gasteiger partial charge on any atom is -0.393 e. The molecule has 0 bridgehead atoms. The van der Waals surface area contributed by atoms with E-state index in [-0.39, 0.29) is 6.10 Å². The molecule has 3 N–H and O–H groups in total. The van der Waals surface area contributed by atoms with E-state index < -0.39 is 0 Å². The second-order valence-electron chi connectivity index (χ2n) is 5.26. The van der Waals surface area contributed by atoms with Crippen molar-refractivity contribution in [1.82, 2.24) is 9.97 Å². The number of aliphatic hydroxyl groups excluding tert-OH is 1. The van der Waals surface area contributed by atoms with Gasteiger partial charge in [-0.15, -0.1) is 0 Å². The average molecular weight is 264 g/mol. The lowest BCUT2D eigenvalue weighted by molar-refractivity contribution is 0.178. The van der Waals surface area contributed by atoms with Gasteiger partial charge < -0.3 is 15.7 Å². The number of nitrogens with zero attached hydrogens (tertiary/aromatic N) is 2. The summed E-state index contributed by atoms with van der Waals surface area (Å²) in [6, 6.07) is 0. The monoisotopic (exact) mass is 264 g/mol. The molecule has 1 aliphatic carbocycles. The third kappa shape index (κ3) is 3.56. The van der Waals surface area contributed by atoms with Crippen LogP contribution in [0.25, 0.3) is 0 Å². The Labute approximate surface area is 114 Å². The van der Waals surface area contributed by atoms with E-state index in [1.165, 1.54) is 0 Å². The molecule has 1 aromatic heterocycles. The summed E-state index contributed by atoms with van der Waals surface area (Å²) in [4.78, 5) is 8.63. The van der Waals surface area contributed by atoms with Crippen LogP contribution in [0.15, 0.2) is 6.33 Å². The lowest BCUT2D eigenvalue weighted by atomic mass is 10.1. The Morgan fingerprint density at radius 1 is 1.32 bits per heavy atom. The summed E-state index contributed by atoms with van der Waals surface area (Å²) < 4.78 is 0. The standard InChI is InChI=1S/C14H24N4O/c1-3-4-12-13(15-2)17-9-18-14(12)16-8-10-5-6-11(19)7-10/h9-11,19H,3-8H2,1-2H3,(H2,15,16,17,18). The quantitative estimate of drug-likeness (QED) is 0.733. The number of hydrogen-bond donors (Lipinski definition) is 3. The van der Waals surface area contributed by atoms with Crippen molar-refractivity contribution in [2.75, 3.05) is 24.2 Å². The van der Waals surface area contributed by atoms with E-state index in [2.05, 4.69) is 27.5 Å². The number of rotatable bonds is 6. The van der Waals surface area contributed by atoms with Crippen LogP contribution in [-0.2, 0) is 6.42 Å². The van der Waals surface area contributed by atoms with Gasteiger partial charge in [-0.2, -0.15) is 0 Å². The smallest absolute Gasteiger partial charge is 0.134 e. The van der Waals surface area contributed by atoms with Crippen LogP contribution in [0, 0.1) is 5.92 Å². The van der Waals surface area contributed by atoms with Crippen molar-refractivity contribution in [2.24, 2.45) is 5.92 Å². The van der Waals surface area contributed by atoms with Gasteiger partial charge in [0.1, 0.15) is 18.0 Å². The summed E-state index contributed by atoms with van der Waals surface area (Å²) in [5.41, 5.74) is 1.16. The Morgan fingerprint density at radius 2 is 2.11 bits per heavy atom. The fourth-order valence-corrected chi connectivity index (χ4v) is 2.74. The van der Waals surface area contributed by atoms with Gasteiger partial charge in [0.25, 0.3) is 0 Å². The first-order valence-electron chi connectivity index (χ1n) is 7.18. The van der Waals surface area contributed by atoms with Crippen molar-refractivity contribution in [2.45, 2.75) is 45.1 Å². The van der Waals surface area contributed by atoms with Crippen LogP contribution in [0.5, 0.6) is 0 Å². The molecule has 5 heteroatoms. The highest BCUT2D eigenvalue weighted by Crippen LogP contribution is 2.27. The Hall–Kier alpha value is -1.36. The summed E-state index contributed by atoms with van der Waals surface area (Å²) in [5, 5.41) is 16.1. The first-order valence-corrected chi connectivity index (χ1v) is 7.18. The lowest BCUT2D eigenvalue weighted by Crippen LogP contribution is -2.15. The molecule has 0 spiro atoms. The molecule has 19 heavy (non-hydrogen) atoms. The minimum absolute atomic E-state index is 0.111. The summed E-state index contributed by atoms with van der Waals surface area (Å²) >= 11 is 0. The molecule has 0 radical (unpaired) electrons. The molecule has 0 saturated heterocycles. The molecule has 2 rings (SSSR count). The third-order valence-electron chi connectivity index (χ3n) is 3.75. The average Bonchev–Trinajstić information content (AvgIpc) is 2.83. The number of anilines is 2. The molecular weight excluding hydrogens is 240 g/mol. The predicted octanol–water partition coefficient (Wildman–Crippen LogP) is 2.04. The van der Waals surface area contributed by atoms with E-state index in [0.717, 1.165) is 55.8 Å². The van der Waals surface area contributed by atoms with Gasteiger partial charge in [0, 0.05) is 19.2 Å². The Kier molecular flexibility index (Phi) is 4.96. The number of hydrogen-bond acceptors (Lipinski definition) is 5. The van der Waals surface area contributed by atoms with Crippen LogP contribution in [0.3, 0.4) is 0 Å². The van der Waals surface area contributed by atoms with Crippen LogP contribution in [-0.4, -0.2) is 34.8 Å². The zero-order valence-electron chi connectivity index (χ0n) is 11.8. The molecule has 0 aromatic carbocycles. The summed E-state index contributed by atoms with van der Waals surface area (Å²) in [5.74, 6) is 2.39. The van der Waals surface area contributed by atoms with E-state index in [4.69, 9.17) is 0 Å². The van der Waals surface area contributed by atoms with E-state index in [1.54, 1.807) is 6.33 Å². The SMILES string of the molecule is CCCc1c(NC)ncnc1NCC1CCC(O)C1. The number of aliphatic hydroxyl groups is 1. The normalized spacial score (nSPS) is 22.5. The molecule has 106 valence electrons. The number of nitrogens with one attached hydrogen (secondary N) is 2. The van der Waals surface area contributed by atoms with Crippen LogP contribution < -0.4 is 10.6 Å². The van der Waals surface area contributed by atoms with E-state index in [0.29, 0.717) is 5.92 Å². The summed E-state index contributed by atoms with van der Waals surface area (Å²) in [7, 11) is 1.89. The minimum atomic E-state index is -0.111. The molecular formula is C14H24N4O. The van der Waals surface area contributed by atoms with Crippen molar-refractivity contribution >= 4 is 11.6 Å². The van der Waals surface area contributed by atoms with Gasteiger partial charge in [-0.3, -0.25) is 0 Å². The maximum Gasteiger partial charge on any atom is 0.134 e. The Bertz CT molecular complexity index is 410. The van der Waals surface area contributed by atoms with Crippen LogP contribution in [0.1, 0.15) is 38.2 Å². The maximum atomic E-state index is 9.55. The number of aromatic nitrogens is 2. The van der Waals surface area contributed by atoms with E-state index in [1.807, 2.05) is 7.05 Å². The van der Waals surface area contributed by atoms with Gasteiger partial charge in [0.15, 0.2) is 0 Å². The molecule has 5 nitrogen and oxygen atoms in total. The van der Waals surface area contributed by atoms with E-state index in [9.17, 15) is 5.11 Å². The fraction of sp³-hybridized carbons (Fsp3) is 0.714. The largest absolute Gasteiger partial charge is 0.393 e. The Morgan fingerprint density at radius 3 is 2.74 bits per heavy atom. The Balaban J connectivity index is 2.02. The van der Waals surface area contributed by atoms with Crippen molar-refractivity contribution in [3.63, 3.8) is 0 Å². The van der Waals surface area contributed by atoms with Crippen molar-refractivity contribution < 1.29 is 5.11 Å². The summed E-state index contributed by atoms with van der Waals surface area (Å²) in [6.45, 7) is 3.04. The molecule has 1 fully saturated rings. The summed E-state index contributed by atoms with van der Waals surface area (Å²) in [6.07, 6.45) is 6.45. The van der Waals surface area contributed by atoms with Crippen LogP contribution in [0.2, 0.25) is 0 Å². The molecule has 1 aliphatic rings. The highest BCUT2D eigenvalue weighted by atomic mass is 16.3. The first kappa shape index (κ1) is 14.1. The predicted molar refractivity (Wildman–Crippen MR) is 77.4 cm³/mol. The van der Waals surface area contributed by atoms with Gasteiger partial charge in [-0.05, 0) is 31.6 Å². The lowest BCUT2D eigenvalue weighted by Gasteiger charge is -2.16. The highest BCUT2D eigenvalue weighted by molar-refractivity contribution is 5.57. The van der Waals surface area contributed by atoms with Crippen LogP contribution >= 0.6 is 0 Å². The second kappa shape index (κ2) is 6.70. The zero-order chi connectivity index (χ0) is 13.7. The van der Waals surface area contributed by atoms with Crippen molar-refractivity contribution in [3.05, 3.63) is 11.9 Å². The topological polar surface area (TPSA) is 70.1 Å². The van der Waals surface area contributed by atoms with Crippen molar-refractivity contribution in [1.29, 1.82) is 0 Å². The molecule has 1 heterocycles. The molecule has 0 aliphatic heterocycles. The highest BCUT2D eigenvalue weighted by Gasteiger charge is 2.22.